The van der Waals surface area contributed by atoms with Gasteiger partial charge in [0.15, 0.2) is 46.6 Å². The third-order valence-electron chi connectivity index (χ3n) is 25.9. The Labute approximate surface area is 829 Å². The van der Waals surface area contributed by atoms with Crippen LogP contribution in [0.4, 0.5) is 0 Å². The largest absolute Gasteiger partial charge is 0.495 e. The first kappa shape index (κ1) is 91.0. The molecule has 8 heterocycles. The third kappa shape index (κ3) is 17.9. The number of benzene rings is 18. The van der Waals surface area contributed by atoms with Gasteiger partial charge in [0.2, 0.25) is 5.28 Å². The number of hydrogen-bond donors (Lipinski definition) is 0. The quantitative estimate of drug-likeness (QED) is 0.118. The van der Waals surface area contributed by atoms with Gasteiger partial charge in [-0.2, -0.15) is 9.97 Å². The van der Waals surface area contributed by atoms with Crippen LogP contribution in [0.5, 0.6) is 0 Å². The number of rotatable bonds is 10. The third-order valence-corrected chi connectivity index (χ3v) is 26.5. The van der Waals surface area contributed by atoms with Gasteiger partial charge < -0.3 is 27.1 Å². The topological polar surface area (TPSA) is 179 Å². The molecule has 2 aliphatic rings. The van der Waals surface area contributed by atoms with Gasteiger partial charge in [-0.25, -0.2) is 34.9 Å². The van der Waals surface area contributed by atoms with E-state index >= 15 is 0 Å². The summed E-state index contributed by atoms with van der Waals surface area (Å²) in [5.74, 6) is 4.76. The van der Waals surface area contributed by atoms with E-state index in [9.17, 15) is 0 Å². The average molecular weight is 1890 g/mol. The summed E-state index contributed by atoms with van der Waals surface area (Å²) in [6, 6.07) is 139. The summed E-state index contributed by atoms with van der Waals surface area (Å²) in [6.45, 7) is 8.18. The first-order valence-electron chi connectivity index (χ1n) is 45.9. The Kier molecular flexibility index (Phi) is 24.9. The molecule has 7 aromatic heterocycles. The van der Waals surface area contributed by atoms with E-state index in [0.717, 1.165) is 133 Å². The second-order valence-electron chi connectivity index (χ2n) is 35.3. The maximum atomic E-state index is 6.59. The van der Waals surface area contributed by atoms with Crippen LogP contribution in [0.15, 0.2) is 426 Å². The minimum absolute atomic E-state index is 0. The van der Waals surface area contributed by atoms with Gasteiger partial charge in [-0.1, -0.05) is 372 Å². The van der Waals surface area contributed by atoms with E-state index in [4.69, 9.17) is 87.3 Å². The summed E-state index contributed by atoms with van der Waals surface area (Å²) >= 11 is 18.8. The maximum absolute atomic E-state index is 6.59. The molecule has 0 unspecified atom stereocenters. The Morgan fingerprint density at radius 3 is 1.06 bits per heavy atom. The van der Waals surface area contributed by atoms with Crippen LogP contribution < -0.4 is 5.46 Å². The molecule has 1 aliphatic carbocycles. The lowest BCUT2D eigenvalue weighted by atomic mass is 9.76. The fourth-order valence-corrected chi connectivity index (χ4v) is 19.1. The van der Waals surface area contributed by atoms with Gasteiger partial charge in [-0.3, -0.25) is 0 Å². The zero-order chi connectivity index (χ0) is 93.8. The zero-order valence-corrected chi connectivity index (χ0v) is 78.0. The van der Waals surface area contributed by atoms with Gasteiger partial charge in [0.05, 0.1) is 27.9 Å². The first-order valence-corrected chi connectivity index (χ1v) is 47.0. The van der Waals surface area contributed by atoms with Crippen LogP contribution >= 0.6 is 34.8 Å². The predicted molar refractivity (Wildman–Crippen MR) is 579 cm³/mol. The lowest BCUT2D eigenvalue weighted by Crippen LogP contribution is -2.41. The summed E-state index contributed by atoms with van der Waals surface area (Å²) in [6.07, 6.45) is 1.08. The lowest BCUT2D eigenvalue weighted by Gasteiger charge is -2.32. The molecular formula is C122H90BCl3N10O5. The van der Waals surface area contributed by atoms with E-state index in [-0.39, 0.29) is 20.1 Å². The van der Waals surface area contributed by atoms with Crippen molar-refractivity contribution in [2.45, 2.75) is 60.2 Å². The summed E-state index contributed by atoms with van der Waals surface area (Å²) < 4.78 is 33.4. The Hall–Kier alpha value is -16.4. The number of fused-ring (bicyclic) bond motifs is 17. The number of furan rings is 3. The molecule has 0 radical (unpaired) electrons. The highest BCUT2D eigenvalue weighted by molar-refractivity contribution is 6.66. The highest BCUT2D eigenvalue weighted by Gasteiger charge is 2.52. The minimum atomic E-state index is -0.470. The molecule has 19 heteroatoms. The zero-order valence-electron chi connectivity index (χ0n) is 75.7. The normalized spacial score (nSPS) is 12.7. The molecule has 0 atom stereocenters. The van der Waals surface area contributed by atoms with Gasteiger partial charge in [0.25, 0.3) is 0 Å². The van der Waals surface area contributed by atoms with Crippen molar-refractivity contribution in [2.24, 2.45) is 0 Å². The van der Waals surface area contributed by atoms with E-state index in [1.54, 1.807) is 0 Å². The molecule has 1 fully saturated rings. The first-order chi connectivity index (χ1) is 68.1. The molecule has 0 saturated carbocycles. The highest BCUT2D eigenvalue weighted by Crippen LogP contribution is 2.46. The van der Waals surface area contributed by atoms with Crippen LogP contribution in [0.25, 0.3) is 217 Å². The van der Waals surface area contributed by atoms with Crippen LogP contribution in [-0.4, -0.2) is 67.7 Å². The predicted octanol–water partition coefficient (Wildman–Crippen LogP) is 32.5. The number of halogens is 3. The van der Waals surface area contributed by atoms with Crippen LogP contribution in [0.1, 0.15) is 53.7 Å². The molecule has 1 aliphatic heterocycles. The molecule has 18 aromatic carbocycles. The van der Waals surface area contributed by atoms with Crippen LogP contribution in [0, 0.1) is 0 Å². The Morgan fingerprint density at radius 2 is 0.596 bits per heavy atom. The molecule has 0 spiro atoms. The molecule has 682 valence electrons. The van der Waals surface area contributed by atoms with Crippen molar-refractivity contribution >= 4 is 157 Å². The number of hydrogen-bond acceptors (Lipinski definition) is 14. The molecule has 15 nitrogen and oxygen atoms in total. The molecule has 0 N–H and O–H groups in total. The minimum Gasteiger partial charge on any atom is -0.456 e. The molecular weight excluding hydrogens is 1800 g/mol. The number of para-hydroxylation sites is 4. The van der Waals surface area contributed by atoms with Crippen LogP contribution in [-0.2, 0) is 15.7 Å². The van der Waals surface area contributed by atoms with Gasteiger partial charge in [0.1, 0.15) is 33.5 Å². The molecule has 1 saturated heterocycles. The summed E-state index contributed by atoms with van der Waals surface area (Å²) in [7, 11) is -0.470. The molecule has 0 amide bonds. The van der Waals surface area contributed by atoms with Gasteiger partial charge in [-0.05, 0) is 156 Å². The number of aromatic nitrogens is 10. The van der Waals surface area contributed by atoms with Crippen LogP contribution in [0.2, 0.25) is 15.3 Å². The van der Waals surface area contributed by atoms with Crippen molar-refractivity contribution in [1.29, 1.82) is 0 Å². The smallest absolute Gasteiger partial charge is 0.456 e. The Balaban J connectivity index is 0.000000110. The van der Waals surface area contributed by atoms with Gasteiger partial charge >= 0.3 is 7.12 Å². The summed E-state index contributed by atoms with van der Waals surface area (Å²) in [4.78, 5) is 42.6. The highest BCUT2D eigenvalue weighted by atomic mass is 35.5. The summed E-state index contributed by atoms with van der Waals surface area (Å²) in [5, 5.41) is 14.8. The maximum Gasteiger partial charge on any atom is 0.495 e. The van der Waals surface area contributed by atoms with Crippen molar-refractivity contribution in [3.8, 4) is 108 Å². The van der Waals surface area contributed by atoms with E-state index in [1.807, 2.05) is 301 Å². The van der Waals surface area contributed by atoms with Crippen molar-refractivity contribution in [2.75, 3.05) is 0 Å². The van der Waals surface area contributed by atoms with E-state index < -0.39 is 18.3 Å². The van der Waals surface area contributed by atoms with Gasteiger partial charge in [0, 0.05) is 116 Å². The molecule has 141 heavy (non-hydrogen) atoms. The standard InChI is InChI=1S/C43H26N4O.C27H16ClN3O.C18H18BClO3.C17H12.C15H10ClN3.2CH4/c1-3-13-27(14-4-1)41-44-42(28-15-5-2-6-16-28)46-43(45-41)35-25-31(26-39-40(35)33-20-10-12-22-38(33)48-39)47-36-21-11-9-19-32(36)34-23-29-17-7-8-18-30(29)24-37(34)47;28-19-15-21(24-20-13-7-8-14-22(20)32-23(24)16-19)27-30-25(17-9-3-1-4-10-17)29-26(31-27)18-11-5-2-6-12-18;1-17(2)18(3,4)23-19(22-17)13-9-11(20)10-15-16(13)12-7-5-6-8-14(12)21-15;1-2-6-13-11-17-15(9-12(13)5-1)10-14-7-3-4-8-16(14)17;16-15-18-13(11-7-3-1-4-8-11)17-14(19-15)12-9-5-2-6-10-12;;/h1-26H;1-16H;5-10H,1-4H3;1-9,11H,10H2;1-10H;2*1H4. The van der Waals surface area contributed by atoms with Crippen molar-refractivity contribution in [3.05, 3.63) is 439 Å². The van der Waals surface area contributed by atoms with Crippen LogP contribution in [0.3, 0.4) is 0 Å². The second kappa shape index (κ2) is 38.5. The lowest BCUT2D eigenvalue weighted by molar-refractivity contribution is 0.00578. The van der Waals surface area contributed by atoms with Crippen molar-refractivity contribution < 1.29 is 22.6 Å². The molecule has 0 bridgehead atoms. The van der Waals surface area contributed by atoms with E-state index in [1.165, 1.54) is 54.6 Å². The van der Waals surface area contributed by atoms with E-state index in [2.05, 4.69) is 159 Å². The molecule has 25 aromatic rings. The average Bonchev–Trinajstić information content (AvgIpc) is 1.54. The monoisotopic (exact) mass is 1890 g/mol. The fraction of sp³-hybridized carbons (Fsp3) is 0.0738. The van der Waals surface area contributed by atoms with E-state index in [0.29, 0.717) is 62.2 Å². The van der Waals surface area contributed by atoms with Gasteiger partial charge in [-0.15, -0.1) is 0 Å². The SMILES string of the molecule is C.C.CC1(C)OB(c2cc(Cl)cc3oc4ccccc4c23)OC1(C)C.Clc1cc(-c2nc(-c3ccccc3)nc(-c3ccccc3)n2)c2c(c1)oc1ccccc12.Clc1nc(-c2ccccc2)nc(-c2ccccc2)n1.c1ccc(-c2nc(-c3ccccc3)nc(-c3cc(-n4c5ccccc5c5cc6ccccc6cc54)cc4oc5ccccc5c34)n2)cc1.c1ccc2c(c1)Cc1cc3ccccc3cc1-2. The second-order valence-corrected chi connectivity index (χ2v) is 36.5. The Morgan fingerprint density at radius 1 is 0.255 bits per heavy atom. The number of nitrogens with zero attached hydrogens (tertiary/aromatic N) is 10. The van der Waals surface area contributed by atoms with Crippen molar-refractivity contribution in [3.63, 3.8) is 0 Å². The fourth-order valence-electron chi connectivity index (χ4n) is 18.6. The summed E-state index contributed by atoms with van der Waals surface area (Å²) in [5.41, 5.74) is 21.0. The van der Waals surface area contributed by atoms with Crippen molar-refractivity contribution in [1.82, 2.24) is 49.4 Å². The molecule has 27 rings (SSSR count). The Bertz CT molecular complexity index is 8810.